The first-order chi connectivity index (χ1) is 12.6. The molecule has 0 radical (unpaired) electrons. The van der Waals surface area contributed by atoms with Gasteiger partial charge in [0.05, 0.1) is 13.2 Å². The number of carbonyl (C=O) groups excluding carboxylic acids is 2. The van der Waals surface area contributed by atoms with Crippen LogP contribution in [0, 0.1) is 5.92 Å². The van der Waals surface area contributed by atoms with Crippen LogP contribution in [-0.4, -0.2) is 91.0 Å². The molecule has 0 saturated carbocycles. The monoisotopic (exact) mass is 360 g/mol. The molecule has 7 nitrogen and oxygen atoms in total. The Labute approximate surface area is 154 Å². The largest absolute Gasteiger partial charge is 0.383 e. The van der Waals surface area contributed by atoms with E-state index in [0.29, 0.717) is 31.2 Å². The van der Waals surface area contributed by atoms with Gasteiger partial charge >= 0.3 is 0 Å². The van der Waals surface area contributed by atoms with Crippen molar-refractivity contribution in [3.63, 3.8) is 0 Å². The van der Waals surface area contributed by atoms with Crippen LogP contribution in [0.4, 0.5) is 0 Å². The van der Waals surface area contributed by atoms with E-state index < -0.39 is 0 Å². The average molecular weight is 360 g/mol. The lowest BCUT2D eigenvalue weighted by molar-refractivity contribution is -0.136. The van der Waals surface area contributed by atoms with Crippen LogP contribution < -0.4 is 0 Å². The van der Waals surface area contributed by atoms with Crippen molar-refractivity contribution in [2.75, 3.05) is 53.5 Å². The zero-order chi connectivity index (χ0) is 18.5. The first-order valence-electron chi connectivity index (χ1n) is 9.24. The molecule has 3 aliphatic heterocycles. The molecule has 0 spiro atoms. The van der Waals surface area contributed by atoms with Crippen LogP contribution >= 0.6 is 0 Å². The van der Waals surface area contributed by atoms with Crippen LogP contribution in [-0.2, 0) is 9.53 Å². The second-order valence-corrected chi connectivity index (χ2v) is 7.32. The summed E-state index contributed by atoms with van der Waals surface area (Å²) >= 11 is 0. The highest BCUT2D eigenvalue weighted by molar-refractivity contribution is 5.94. The molecular weight excluding hydrogens is 332 g/mol. The van der Waals surface area contributed by atoms with Gasteiger partial charge in [0.1, 0.15) is 0 Å². The Morgan fingerprint density at radius 2 is 2.00 bits per heavy atom. The van der Waals surface area contributed by atoms with E-state index in [2.05, 4.69) is 4.98 Å². The number of hydrogen-bond acceptors (Lipinski definition) is 5. The van der Waals surface area contributed by atoms with Crippen molar-refractivity contribution >= 4 is 11.8 Å². The van der Waals surface area contributed by atoms with E-state index in [4.69, 9.17) is 4.74 Å². The van der Waals surface area contributed by atoms with Crippen molar-refractivity contribution in [2.45, 2.75) is 18.9 Å². The normalized spacial score (nSPS) is 22.6. The van der Waals surface area contributed by atoms with E-state index in [1.165, 1.54) is 0 Å². The summed E-state index contributed by atoms with van der Waals surface area (Å²) in [5, 5.41) is 0. The number of ether oxygens (including phenoxy) is 1. The van der Waals surface area contributed by atoms with Crippen LogP contribution in [0.25, 0.3) is 0 Å². The Hall–Kier alpha value is -1.99. The molecular formula is C19H28N4O3. The van der Waals surface area contributed by atoms with Crippen molar-refractivity contribution in [3.05, 3.63) is 30.1 Å². The van der Waals surface area contributed by atoms with Gasteiger partial charge in [0.15, 0.2) is 0 Å². The summed E-state index contributed by atoms with van der Waals surface area (Å²) < 4.78 is 5.08. The molecule has 3 saturated heterocycles. The second-order valence-electron chi connectivity index (χ2n) is 7.32. The lowest BCUT2D eigenvalue weighted by Gasteiger charge is -2.37. The lowest BCUT2D eigenvalue weighted by atomic mass is 9.95. The Morgan fingerprint density at radius 1 is 1.23 bits per heavy atom. The number of hydrogen-bond donors (Lipinski definition) is 0. The van der Waals surface area contributed by atoms with E-state index >= 15 is 0 Å². The van der Waals surface area contributed by atoms with Crippen molar-refractivity contribution in [3.8, 4) is 0 Å². The molecule has 4 heterocycles. The van der Waals surface area contributed by atoms with Crippen LogP contribution in [0.15, 0.2) is 24.5 Å². The number of aromatic nitrogens is 1. The van der Waals surface area contributed by atoms with Gasteiger partial charge in [-0.2, -0.15) is 0 Å². The molecule has 2 bridgehead atoms. The zero-order valence-electron chi connectivity index (χ0n) is 15.6. The standard InChI is InChI=1S/C19H28N4O3/c1-21(9-10-26-2)14-18(24)23-12-15-3-4-17(23)13-22(11-15)19(25)16-5-7-20-8-6-16/h5-8,15,17H,3-4,9-14H2,1-2H3/t15-,17+/m0/s1. The van der Waals surface area contributed by atoms with E-state index in [1.54, 1.807) is 31.6 Å². The zero-order valence-corrected chi connectivity index (χ0v) is 15.6. The number of carbonyl (C=O) groups is 2. The maximum atomic E-state index is 12.8. The molecule has 2 amide bonds. The Kier molecular flexibility index (Phi) is 6.21. The average Bonchev–Trinajstić information content (AvgIpc) is 2.98. The third-order valence-electron chi connectivity index (χ3n) is 5.33. The number of amides is 2. The Morgan fingerprint density at radius 3 is 2.73 bits per heavy atom. The van der Waals surface area contributed by atoms with Gasteiger partial charge in [0.2, 0.25) is 5.91 Å². The molecule has 0 unspecified atom stereocenters. The number of fused-ring (bicyclic) bond motifs is 4. The van der Waals surface area contributed by atoms with Gasteiger partial charge in [-0.25, -0.2) is 0 Å². The van der Waals surface area contributed by atoms with Crippen molar-refractivity contribution < 1.29 is 14.3 Å². The van der Waals surface area contributed by atoms with Crippen LogP contribution in [0.1, 0.15) is 23.2 Å². The van der Waals surface area contributed by atoms with Gasteiger partial charge in [-0.3, -0.25) is 19.5 Å². The molecule has 0 N–H and O–H groups in total. The summed E-state index contributed by atoms with van der Waals surface area (Å²) in [4.78, 5) is 35.5. The summed E-state index contributed by atoms with van der Waals surface area (Å²) in [5.74, 6) is 0.542. The highest BCUT2D eigenvalue weighted by atomic mass is 16.5. The minimum atomic E-state index is 0.0378. The topological polar surface area (TPSA) is 66.0 Å². The number of nitrogens with zero attached hydrogens (tertiary/aromatic N) is 4. The second kappa shape index (κ2) is 8.60. The number of methoxy groups -OCH3 is 1. The Balaban J connectivity index is 1.64. The molecule has 142 valence electrons. The molecule has 0 aromatic carbocycles. The molecule has 3 aliphatic rings. The SMILES string of the molecule is COCCN(C)CC(=O)N1C[C@H]2CC[C@@H]1CN(C(=O)c1ccncc1)C2. The fourth-order valence-electron chi connectivity index (χ4n) is 3.88. The minimum absolute atomic E-state index is 0.0378. The quantitative estimate of drug-likeness (QED) is 0.748. The van der Waals surface area contributed by atoms with Crippen LogP contribution in [0.2, 0.25) is 0 Å². The molecule has 1 aromatic rings. The fraction of sp³-hybridized carbons (Fsp3) is 0.632. The number of piperidine rings is 1. The van der Waals surface area contributed by atoms with Gasteiger partial charge in [0.25, 0.3) is 5.91 Å². The lowest BCUT2D eigenvalue weighted by Crippen LogP contribution is -2.50. The molecule has 0 aliphatic carbocycles. The highest BCUT2D eigenvalue weighted by Gasteiger charge is 2.38. The van der Waals surface area contributed by atoms with E-state index in [0.717, 1.165) is 32.5 Å². The first kappa shape index (κ1) is 18.8. The van der Waals surface area contributed by atoms with Crippen molar-refractivity contribution in [2.24, 2.45) is 5.92 Å². The first-order valence-corrected chi connectivity index (χ1v) is 9.24. The molecule has 4 rings (SSSR count). The maximum absolute atomic E-state index is 12.8. The van der Waals surface area contributed by atoms with Crippen molar-refractivity contribution in [1.82, 2.24) is 19.7 Å². The van der Waals surface area contributed by atoms with E-state index in [9.17, 15) is 9.59 Å². The number of likely N-dealkylation sites (N-methyl/N-ethyl adjacent to an activating group) is 1. The number of rotatable bonds is 6. The predicted molar refractivity (Wildman–Crippen MR) is 97.7 cm³/mol. The van der Waals surface area contributed by atoms with Crippen LogP contribution in [0.5, 0.6) is 0 Å². The van der Waals surface area contributed by atoms with Gasteiger partial charge in [0, 0.05) is 57.3 Å². The smallest absolute Gasteiger partial charge is 0.254 e. The number of pyridine rings is 1. The molecule has 7 heteroatoms. The predicted octanol–water partition coefficient (Wildman–Crippen LogP) is 0.723. The third-order valence-corrected chi connectivity index (χ3v) is 5.33. The summed E-state index contributed by atoms with van der Waals surface area (Å²) in [6.45, 7) is 3.83. The van der Waals surface area contributed by atoms with Crippen LogP contribution in [0.3, 0.4) is 0 Å². The molecule has 2 atom stereocenters. The Bertz CT molecular complexity index is 624. The van der Waals surface area contributed by atoms with Gasteiger partial charge in [-0.05, 0) is 37.9 Å². The highest BCUT2D eigenvalue weighted by Crippen LogP contribution is 2.29. The summed E-state index contributed by atoms with van der Waals surface area (Å²) in [7, 11) is 3.60. The van der Waals surface area contributed by atoms with Crippen molar-refractivity contribution in [1.29, 1.82) is 0 Å². The van der Waals surface area contributed by atoms with E-state index in [-0.39, 0.29) is 17.9 Å². The maximum Gasteiger partial charge on any atom is 0.254 e. The minimum Gasteiger partial charge on any atom is -0.383 e. The molecule has 1 aromatic heterocycles. The summed E-state index contributed by atoms with van der Waals surface area (Å²) in [6.07, 6.45) is 5.34. The summed E-state index contributed by atoms with van der Waals surface area (Å²) in [5.41, 5.74) is 0.665. The van der Waals surface area contributed by atoms with Gasteiger partial charge in [-0.1, -0.05) is 0 Å². The van der Waals surface area contributed by atoms with Gasteiger partial charge in [-0.15, -0.1) is 0 Å². The fourth-order valence-corrected chi connectivity index (χ4v) is 3.88. The molecule has 26 heavy (non-hydrogen) atoms. The summed E-state index contributed by atoms with van der Waals surface area (Å²) in [6, 6.07) is 3.62. The van der Waals surface area contributed by atoms with E-state index in [1.807, 2.05) is 21.7 Å². The third kappa shape index (κ3) is 4.40. The molecule has 3 fully saturated rings. The van der Waals surface area contributed by atoms with Gasteiger partial charge < -0.3 is 14.5 Å².